The molecule has 5 rings (SSSR count). The van der Waals surface area contributed by atoms with Crippen LogP contribution in [0.3, 0.4) is 0 Å². The van der Waals surface area contributed by atoms with Crippen molar-refractivity contribution in [3.05, 3.63) is 54.5 Å². The van der Waals surface area contributed by atoms with Gasteiger partial charge in [0.05, 0.1) is 12.8 Å². The number of rotatable bonds is 4. The molecule has 8 nitrogen and oxygen atoms in total. The van der Waals surface area contributed by atoms with E-state index in [2.05, 4.69) is 19.9 Å². The molecule has 9 heteroatoms. The molecule has 160 valence electrons. The average Bonchev–Trinajstić information content (AvgIpc) is 3.24. The smallest absolute Gasteiger partial charge is 0.245 e. The molecular formula is C22H23N5O3S. The number of anilines is 1. The molecule has 0 amide bonds. The number of aromatic amines is 1. The highest BCUT2D eigenvalue weighted by atomic mass is 32.2. The minimum absolute atomic E-state index is 0.277. The largest absolute Gasteiger partial charge is 0.494 e. The fourth-order valence-electron chi connectivity index (χ4n) is 4.30. The highest BCUT2D eigenvalue weighted by Crippen LogP contribution is 2.34. The maximum absolute atomic E-state index is 13.3. The van der Waals surface area contributed by atoms with E-state index in [0.717, 1.165) is 27.9 Å². The van der Waals surface area contributed by atoms with Gasteiger partial charge in [-0.3, -0.25) is 4.98 Å². The summed E-state index contributed by atoms with van der Waals surface area (Å²) >= 11 is 0. The lowest BCUT2D eigenvalue weighted by Gasteiger charge is -2.36. The lowest BCUT2D eigenvalue weighted by molar-refractivity contribution is 0.385. The Morgan fingerprint density at radius 1 is 1.03 bits per heavy atom. The zero-order valence-corrected chi connectivity index (χ0v) is 18.2. The van der Waals surface area contributed by atoms with E-state index in [-0.39, 0.29) is 4.90 Å². The number of pyridine rings is 2. The summed E-state index contributed by atoms with van der Waals surface area (Å²) in [7, 11) is -1.97. The summed E-state index contributed by atoms with van der Waals surface area (Å²) in [5, 5.41) is 1.63. The SMILES string of the molecule is COc1cccc2c(N3CCN(S(=O)(=O)c4c[nH]c5ncccc45)CC3)c(C)cnc12. The highest BCUT2D eigenvalue weighted by molar-refractivity contribution is 7.89. The van der Waals surface area contributed by atoms with Gasteiger partial charge < -0.3 is 14.6 Å². The van der Waals surface area contributed by atoms with E-state index in [1.165, 1.54) is 6.20 Å². The van der Waals surface area contributed by atoms with Crippen LogP contribution in [0.15, 0.2) is 53.8 Å². The molecule has 0 aliphatic carbocycles. The molecule has 0 bridgehead atoms. The first kappa shape index (κ1) is 19.8. The Hall–Kier alpha value is -3.17. The third-order valence-electron chi connectivity index (χ3n) is 5.82. The number of nitrogens with one attached hydrogen (secondary N) is 1. The minimum Gasteiger partial charge on any atom is -0.494 e. The van der Waals surface area contributed by atoms with Crippen LogP contribution in [0.25, 0.3) is 21.9 Å². The number of aromatic nitrogens is 3. The predicted molar refractivity (Wildman–Crippen MR) is 120 cm³/mol. The summed E-state index contributed by atoms with van der Waals surface area (Å²) in [4.78, 5) is 14.2. The van der Waals surface area contributed by atoms with E-state index in [1.54, 1.807) is 29.7 Å². The second kappa shape index (κ2) is 7.51. The van der Waals surface area contributed by atoms with Gasteiger partial charge in [-0.2, -0.15) is 4.31 Å². The zero-order chi connectivity index (χ0) is 21.6. The van der Waals surface area contributed by atoms with Crippen molar-refractivity contribution in [2.75, 3.05) is 38.2 Å². The molecule has 1 aliphatic rings. The Kier molecular flexibility index (Phi) is 4.79. The third-order valence-corrected chi connectivity index (χ3v) is 7.76. The van der Waals surface area contributed by atoms with Gasteiger partial charge in [0.1, 0.15) is 21.8 Å². The van der Waals surface area contributed by atoms with Crippen LogP contribution >= 0.6 is 0 Å². The Morgan fingerprint density at radius 2 is 1.81 bits per heavy atom. The summed E-state index contributed by atoms with van der Waals surface area (Å²) in [6, 6.07) is 9.42. The molecular weight excluding hydrogens is 414 g/mol. The van der Waals surface area contributed by atoms with Crippen molar-refractivity contribution in [2.45, 2.75) is 11.8 Å². The number of sulfonamides is 1. The van der Waals surface area contributed by atoms with Crippen molar-refractivity contribution in [3.63, 3.8) is 0 Å². The maximum atomic E-state index is 13.3. The second-order valence-corrected chi connectivity index (χ2v) is 9.50. The minimum atomic E-state index is -3.61. The van der Waals surface area contributed by atoms with Gasteiger partial charge in [-0.1, -0.05) is 12.1 Å². The number of benzene rings is 1. The molecule has 0 radical (unpaired) electrons. The number of ether oxygens (including phenoxy) is 1. The van der Waals surface area contributed by atoms with Gasteiger partial charge in [0, 0.05) is 55.5 Å². The van der Waals surface area contributed by atoms with Crippen LogP contribution in [0.2, 0.25) is 0 Å². The number of H-pyrrole nitrogens is 1. The highest BCUT2D eigenvalue weighted by Gasteiger charge is 2.31. The van der Waals surface area contributed by atoms with E-state index in [1.807, 2.05) is 31.3 Å². The van der Waals surface area contributed by atoms with E-state index in [0.29, 0.717) is 37.2 Å². The van der Waals surface area contributed by atoms with Crippen molar-refractivity contribution in [1.29, 1.82) is 0 Å². The summed E-state index contributed by atoms with van der Waals surface area (Å²) in [6.45, 7) is 4.03. The van der Waals surface area contributed by atoms with Crippen LogP contribution in [0.4, 0.5) is 5.69 Å². The molecule has 1 saturated heterocycles. The fraction of sp³-hybridized carbons (Fsp3) is 0.273. The molecule has 31 heavy (non-hydrogen) atoms. The number of piperazine rings is 1. The van der Waals surface area contributed by atoms with Crippen molar-refractivity contribution >= 4 is 37.6 Å². The molecule has 0 saturated carbocycles. The van der Waals surface area contributed by atoms with Crippen LogP contribution in [0, 0.1) is 6.92 Å². The van der Waals surface area contributed by atoms with Crippen molar-refractivity contribution in [3.8, 4) is 5.75 Å². The van der Waals surface area contributed by atoms with Gasteiger partial charge in [-0.15, -0.1) is 0 Å². The molecule has 0 atom stereocenters. The van der Waals surface area contributed by atoms with Crippen molar-refractivity contribution < 1.29 is 13.2 Å². The number of hydrogen-bond donors (Lipinski definition) is 1. The first-order chi connectivity index (χ1) is 15.0. The first-order valence-corrected chi connectivity index (χ1v) is 11.5. The van der Waals surface area contributed by atoms with Gasteiger partial charge in [0.15, 0.2) is 0 Å². The second-order valence-electron chi connectivity index (χ2n) is 7.59. The quantitative estimate of drug-likeness (QED) is 0.528. The lowest BCUT2D eigenvalue weighted by Crippen LogP contribution is -2.48. The first-order valence-electron chi connectivity index (χ1n) is 10.1. The number of para-hydroxylation sites is 1. The number of hydrogen-bond acceptors (Lipinski definition) is 6. The van der Waals surface area contributed by atoms with Crippen LogP contribution < -0.4 is 9.64 Å². The van der Waals surface area contributed by atoms with Gasteiger partial charge in [0.25, 0.3) is 0 Å². The van der Waals surface area contributed by atoms with Crippen LogP contribution in [0.1, 0.15) is 5.56 Å². The summed E-state index contributed by atoms with van der Waals surface area (Å²) < 4.78 is 33.6. The summed E-state index contributed by atoms with van der Waals surface area (Å²) in [6.07, 6.45) is 5.03. The fourth-order valence-corrected chi connectivity index (χ4v) is 5.87. The van der Waals surface area contributed by atoms with E-state index < -0.39 is 10.0 Å². The van der Waals surface area contributed by atoms with Gasteiger partial charge in [-0.25, -0.2) is 13.4 Å². The number of methoxy groups -OCH3 is 1. The normalized spacial score (nSPS) is 15.6. The standard InChI is InChI=1S/C22H23N5O3S/c1-15-13-24-20-17(5-3-7-18(20)30-2)21(15)26-9-11-27(12-10-26)31(28,29)19-14-25-22-16(19)6-4-8-23-22/h3-8,13-14H,9-12H2,1-2H3,(H,23,25). The number of nitrogens with zero attached hydrogens (tertiary/aromatic N) is 4. The molecule has 0 unspecified atom stereocenters. The predicted octanol–water partition coefficient (Wildman–Crippen LogP) is 2.94. The van der Waals surface area contributed by atoms with Crippen molar-refractivity contribution in [2.24, 2.45) is 0 Å². The Bertz CT molecular complexity index is 1370. The third kappa shape index (κ3) is 3.21. The van der Waals surface area contributed by atoms with Gasteiger partial charge >= 0.3 is 0 Å². The molecule has 1 fully saturated rings. The van der Waals surface area contributed by atoms with Gasteiger partial charge in [-0.05, 0) is 30.7 Å². The molecule has 4 heterocycles. The molecule has 4 aromatic rings. The molecule has 0 spiro atoms. The van der Waals surface area contributed by atoms with Crippen LogP contribution in [0.5, 0.6) is 5.75 Å². The van der Waals surface area contributed by atoms with Crippen LogP contribution in [-0.4, -0.2) is 61.0 Å². The Morgan fingerprint density at radius 3 is 2.58 bits per heavy atom. The molecule has 1 N–H and O–H groups in total. The Labute approximate surface area is 180 Å². The molecule has 1 aromatic carbocycles. The van der Waals surface area contributed by atoms with E-state index in [9.17, 15) is 8.42 Å². The monoisotopic (exact) mass is 437 g/mol. The molecule has 3 aromatic heterocycles. The van der Waals surface area contributed by atoms with E-state index >= 15 is 0 Å². The molecule has 1 aliphatic heterocycles. The van der Waals surface area contributed by atoms with Crippen molar-refractivity contribution in [1.82, 2.24) is 19.3 Å². The lowest BCUT2D eigenvalue weighted by atomic mass is 10.1. The van der Waals surface area contributed by atoms with Gasteiger partial charge in [0.2, 0.25) is 10.0 Å². The number of aryl methyl sites for hydroxylation is 1. The summed E-state index contributed by atoms with van der Waals surface area (Å²) in [5.41, 5.74) is 3.52. The maximum Gasteiger partial charge on any atom is 0.245 e. The van der Waals surface area contributed by atoms with Crippen LogP contribution in [-0.2, 0) is 10.0 Å². The summed E-state index contributed by atoms with van der Waals surface area (Å²) in [5.74, 6) is 0.730. The number of fused-ring (bicyclic) bond motifs is 2. The van der Waals surface area contributed by atoms with E-state index in [4.69, 9.17) is 4.74 Å². The average molecular weight is 438 g/mol. The zero-order valence-electron chi connectivity index (χ0n) is 17.4. The topological polar surface area (TPSA) is 91.4 Å². The Balaban J connectivity index is 1.44.